The molecule has 0 aliphatic heterocycles. The number of hydrogen-bond donors (Lipinski definition) is 2. The first-order chi connectivity index (χ1) is 13.3. The van der Waals surface area contributed by atoms with E-state index in [0.717, 1.165) is 16.9 Å². The maximum absolute atomic E-state index is 12.1. The minimum Gasteiger partial charge on any atom is -0.493 e. The molecule has 0 aliphatic rings. The van der Waals surface area contributed by atoms with Crippen molar-refractivity contribution >= 4 is 35.0 Å². The van der Waals surface area contributed by atoms with Crippen LogP contribution in [0.25, 0.3) is 0 Å². The van der Waals surface area contributed by atoms with E-state index in [9.17, 15) is 9.59 Å². The number of rotatable bonds is 8. The molecule has 150 valence electrons. The monoisotopic (exact) mass is 422 g/mol. The van der Waals surface area contributed by atoms with Crippen molar-refractivity contribution in [1.82, 2.24) is 10.6 Å². The molecule has 0 radical (unpaired) electrons. The maximum atomic E-state index is 12.1. The molecule has 0 saturated carbocycles. The molecule has 0 spiro atoms. The summed E-state index contributed by atoms with van der Waals surface area (Å²) in [6.07, 6.45) is 0.662. The lowest BCUT2D eigenvalue weighted by molar-refractivity contribution is -0.120. The quantitative estimate of drug-likeness (QED) is 0.625. The first kappa shape index (κ1) is 22.1. The third-order valence-corrected chi connectivity index (χ3v) is 4.80. The topological polar surface area (TPSA) is 67.4 Å². The highest BCUT2D eigenvalue weighted by atomic mass is 35.5. The number of ether oxygens (including phenoxy) is 1. The van der Waals surface area contributed by atoms with Gasteiger partial charge >= 0.3 is 0 Å². The van der Waals surface area contributed by atoms with Crippen LogP contribution in [-0.2, 0) is 4.79 Å². The molecule has 2 rings (SSSR count). The molecule has 0 fully saturated rings. The molecule has 0 aromatic heterocycles. The zero-order valence-corrected chi connectivity index (χ0v) is 17.7. The third-order valence-electron chi connectivity index (χ3n) is 4.25. The summed E-state index contributed by atoms with van der Waals surface area (Å²) in [5.41, 5.74) is 3.75. The van der Waals surface area contributed by atoms with Crippen LogP contribution in [-0.4, -0.2) is 31.5 Å². The molecule has 5 nitrogen and oxygen atoms in total. The standard InChI is InChI=1S/C21H24Cl2N2O3/c1-13-9-14(2)15(3)19(10-13)28-8-4-7-24-20(26)12-25-21(27)17-6-5-16(22)11-18(17)23/h5-6,9-11H,4,7-8,12H2,1-3H3,(H,24,26)(H,25,27). The summed E-state index contributed by atoms with van der Waals surface area (Å²) in [4.78, 5) is 23.9. The number of nitrogens with one attached hydrogen (secondary N) is 2. The van der Waals surface area contributed by atoms with Gasteiger partial charge < -0.3 is 15.4 Å². The Balaban J connectivity index is 1.68. The normalized spacial score (nSPS) is 10.5. The first-order valence-corrected chi connectivity index (χ1v) is 9.74. The Labute approximate surface area is 175 Å². The van der Waals surface area contributed by atoms with Gasteiger partial charge in [-0.1, -0.05) is 29.3 Å². The smallest absolute Gasteiger partial charge is 0.253 e. The second-order valence-corrected chi connectivity index (χ2v) is 7.41. The Bertz CT molecular complexity index is 869. The van der Waals surface area contributed by atoms with E-state index < -0.39 is 5.91 Å². The van der Waals surface area contributed by atoms with Gasteiger partial charge in [-0.2, -0.15) is 0 Å². The second kappa shape index (κ2) is 10.3. The summed E-state index contributed by atoms with van der Waals surface area (Å²) < 4.78 is 5.81. The van der Waals surface area contributed by atoms with Crippen LogP contribution >= 0.6 is 23.2 Å². The Hall–Kier alpha value is -2.24. The van der Waals surface area contributed by atoms with Crippen molar-refractivity contribution in [3.8, 4) is 5.75 Å². The third kappa shape index (κ3) is 6.43. The molecule has 0 bridgehead atoms. The average molecular weight is 423 g/mol. The predicted molar refractivity (Wildman–Crippen MR) is 113 cm³/mol. The van der Waals surface area contributed by atoms with E-state index in [1.807, 2.05) is 19.9 Å². The number of hydrogen-bond acceptors (Lipinski definition) is 3. The van der Waals surface area contributed by atoms with Gasteiger partial charge in [0.2, 0.25) is 5.91 Å². The van der Waals surface area contributed by atoms with E-state index in [0.29, 0.717) is 24.6 Å². The molecule has 0 atom stereocenters. The summed E-state index contributed by atoms with van der Waals surface area (Å²) in [7, 11) is 0. The molecule has 2 aromatic rings. The first-order valence-electron chi connectivity index (χ1n) is 8.98. The summed E-state index contributed by atoms with van der Waals surface area (Å²) >= 11 is 11.8. The molecule has 0 heterocycles. The highest BCUT2D eigenvalue weighted by Gasteiger charge is 2.12. The lowest BCUT2D eigenvalue weighted by Gasteiger charge is -2.13. The van der Waals surface area contributed by atoms with Gasteiger partial charge in [-0.25, -0.2) is 0 Å². The molecule has 0 unspecified atom stereocenters. The van der Waals surface area contributed by atoms with Crippen molar-refractivity contribution < 1.29 is 14.3 Å². The van der Waals surface area contributed by atoms with Crippen LogP contribution in [0.1, 0.15) is 33.5 Å². The van der Waals surface area contributed by atoms with Gasteiger partial charge in [0.1, 0.15) is 5.75 Å². The van der Waals surface area contributed by atoms with Crippen LogP contribution < -0.4 is 15.4 Å². The molecule has 0 saturated heterocycles. The van der Waals surface area contributed by atoms with Crippen LogP contribution in [0.2, 0.25) is 10.0 Å². The number of aryl methyl sites for hydroxylation is 2. The molecule has 2 aromatic carbocycles. The zero-order valence-electron chi connectivity index (χ0n) is 16.2. The fourth-order valence-electron chi connectivity index (χ4n) is 2.62. The van der Waals surface area contributed by atoms with E-state index in [-0.39, 0.29) is 23.0 Å². The second-order valence-electron chi connectivity index (χ2n) is 6.56. The van der Waals surface area contributed by atoms with Gasteiger partial charge in [-0.3, -0.25) is 9.59 Å². The average Bonchev–Trinajstić information content (AvgIpc) is 2.63. The highest BCUT2D eigenvalue weighted by molar-refractivity contribution is 6.36. The minimum absolute atomic E-state index is 0.130. The van der Waals surface area contributed by atoms with Crippen LogP contribution in [0.4, 0.5) is 0 Å². The van der Waals surface area contributed by atoms with Crippen molar-refractivity contribution in [3.05, 3.63) is 62.6 Å². The Morgan fingerprint density at radius 3 is 2.50 bits per heavy atom. The SMILES string of the molecule is Cc1cc(C)c(C)c(OCCCNC(=O)CNC(=O)c2ccc(Cl)cc2Cl)c1. The molecular formula is C21H24Cl2N2O3. The molecule has 2 amide bonds. The van der Waals surface area contributed by atoms with Crippen molar-refractivity contribution in [1.29, 1.82) is 0 Å². The van der Waals surface area contributed by atoms with Gasteiger partial charge in [0.05, 0.1) is 23.7 Å². The Morgan fingerprint density at radius 1 is 1.04 bits per heavy atom. The van der Waals surface area contributed by atoms with E-state index >= 15 is 0 Å². The van der Waals surface area contributed by atoms with Gasteiger partial charge in [0.25, 0.3) is 5.91 Å². The molecule has 2 N–H and O–H groups in total. The largest absolute Gasteiger partial charge is 0.493 e. The van der Waals surface area contributed by atoms with E-state index in [4.69, 9.17) is 27.9 Å². The number of carbonyl (C=O) groups excluding carboxylic acids is 2. The molecule has 28 heavy (non-hydrogen) atoms. The number of halogens is 2. The molecule has 7 heteroatoms. The highest BCUT2D eigenvalue weighted by Crippen LogP contribution is 2.23. The van der Waals surface area contributed by atoms with Gasteiger partial charge in [0.15, 0.2) is 0 Å². The fourth-order valence-corrected chi connectivity index (χ4v) is 3.12. The van der Waals surface area contributed by atoms with Crippen LogP contribution in [0, 0.1) is 20.8 Å². The summed E-state index contributed by atoms with van der Waals surface area (Å²) in [6, 6.07) is 8.70. The summed E-state index contributed by atoms with van der Waals surface area (Å²) in [6.45, 7) is 6.94. The van der Waals surface area contributed by atoms with Crippen molar-refractivity contribution in [2.45, 2.75) is 27.2 Å². The van der Waals surface area contributed by atoms with Crippen LogP contribution in [0.15, 0.2) is 30.3 Å². The van der Waals surface area contributed by atoms with Gasteiger partial charge in [-0.05, 0) is 68.1 Å². The molecular weight excluding hydrogens is 399 g/mol. The summed E-state index contributed by atoms with van der Waals surface area (Å²) in [5.74, 6) is 0.169. The van der Waals surface area contributed by atoms with E-state index in [1.165, 1.54) is 17.7 Å². The van der Waals surface area contributed by atoms with Crippen molar-refractivity contribution in [2.75, 3.05) is 19.7 Å². The Kier molecular flexibility index (Phi) is 8.15. The van der Waals surface area contributed by atoms with Gasteiger partial charge in [-0.15, -0.1) is 0 Å². The van der Waals surface area contributed by atoms with Crippen molar-refractivity contribution in [3.63, 3.8) is 0 Å². The predicted octanol–water partition coefficient (Wildman–Crippen LogP) is 4.23. The van der Waals surface area contributed by atoms with E-state index in [2.05, 4.69) is 23.6 Å². The number of carbonyl (C=O) groups is 2. The Morgan fingerprint density at radius 2 is 1.79 bits per heavy atom. The maximum Gasteiger partial charge on any atom is 0.253 e. The van der Waals surface area contributed by atoms with Gasteiger partial charge in [0, 0.05) is 11.6 Å². The fraction of sp³-hybridized carbons (Fsp3) is 0.333. The number of amides is 2. The lowest BCUT2D eigenvalue weighted by atomic mass is 10.1. The minimum atomic E-state index is -0.426. The van der Waals surface area contributed by atoms with Crippen LogP contribution in [0.5, 0.6) is 5.75 Å². The van der Waals surface area contributed by atoms with Crippen molar-refractivity contribution in [2.24, 2.45) is 0 Å². The number of benzene rings is 2. The lowest BCUT2D eigenvalue weighted by Crippen LogP contribution is -2.37. The van der Waals surface area contributed by atoms with E-state index in [1.54, 1.807) is 6.07 Å². The summed E-state index contributed by atoms with van der Waals surface area (Å²) in [5, 5.41) is 5.97. The molecule has 0 aliphatic carbocycles. The van der Waals surface area contributed by atoms with Crippen LogP contribution in [0.3, 0.4) is 0 Å². The zero-order chi connectivity index (χ0) is 20.7.